The first-order valence-electron chi connectivity index (χ1n) is 11.5. The van der Waals surface area contributed by atoms with Gasteiger partial charge in [0.1, 0.15) is 0 Å². The highest BCUT2D eigenvalue weighted by molar-refractivity contribution is 6.32. The van der Waals surface area contributed by atoms with Crippen molar-refractivity contribution in [2.75, 3.05) is 31.6 Å². The van der Waals surface area contributed by atoms with Crippen LogP contribution in [0.3, 0.4) is 0 Å². The third-order valence-electron chi connectivity index (χ3n) is 7.28. The molecule has 12 heteroatoms. The molecule has 5 rings (SSSR count). The number of halogens is 1. The van der Waals surface area contributed by atoms with E-state index in [1.54, 1.807) is 13.1 Å². The summed E-state index contributed by atoms with van der Waals surface area (Å²) in [4.78, 5) is 11.3. The van der Waals surface area contributed by atoms with E-state index < -0.39 is 12.2 Å². The standard InChI is InChI=1S/C23H29ClN6O5/c1-13-19(10-26-30(13)23(32,33)34)28-21-25-9-15-7-17(24)16(8-18(15)27-21)14-3-5-29(6-4-14)22(2)12-35-11-20(22)31/h7-10,14,20,31-34H,3-6,11-12H2,1-2H3,(H,25,27,28)/t20?,22-/m1/s1. The summed E-state index contributed by atoms with van der Waals surface area (Å²) in [5, 5.41) is 46.8. The van der Waals surface area contributed by atoms with Gasteiger partial charge in [-0.2, -0.15) is 9.78 Å². The summed E-state index contributed by atoms with van der Waals surface area (Å²) in [5.41, 5.74) is 2.11. The predicted molar refractivity (Wildman–Crippen MR) is 128 cm³/mol. The van der Waals surface area contributed by atoms with Crippen LogP contribution in [0.2, 0.25) is 5.02 Å². The molecule has 0 radical (unpaired) electrons. The fraction of sp³-hybridized carbons (Fsp3) is 0.522. The maximum absolute atomic E-state index is 10.4. The van der Waals surface area contributed by atoms with Gasteiger partial charge < -0.3 is 30.5 Å². The van der Waals surface area contributed by atoms with Gasteiger partial charge in [-0.05, 0) is 63.4 Å². The van der Waals surface area contributed by atoms with E-state index >= 15 is 0 Å². The van der Waals surface area contributed by atoms with Crippen molar-refractivity contribution in [2.24, 2.45) is 0 Å². The second-order valence-electron chi connectivity index (χ2n) is 9.56. The van der Waals surface area contributed by atoms with Crippen LogP contribution in [-0.2, 0) is 10.8 Å². The molecule has 0 saturated carbocycles. The molecule has 188 valence electrons. The number of aromatic nitrogens is 4. The quantitative estimate of drug-likeness (QED) is 0.323. The molecular weight excluding hydrogens is 476 g/mol. The number of nitrogens with one attached hydrogen (secondary N) is 1. The molecule has 2 fully saturated rings. The number of aliphatic hydroxyl groups is 4. The lowest BCUT2D eigenvalue weighted by Crippen LogP contribution is -2.56. The number of hydrogen-bond acceptors (Lipinski definition) is 10. The molecule has 5 N–H and O–H groups in total. The smallest absolute Gasteiger partial charge is 0.389 e. The molecule has 0 aliphatic carbocycles. The summed E-state index contributed by atoms with van der Waals surface area (Å²) in [6, 6.07) is 3.87. The van der Waals surface area contributed by atoms with Crippen molar-refractivity contribution in [3.63, 3.8) is 0 Å². The zero-order valence-electron chi connectivity index (χ0n) is 19.5. The van der Waals surface area contributed by atoms with Crippen molar-refractivity contribution < 1.29 is 25.2 Å². The van der Waals surface area contributed by atoms with E-state index in [9.17, 15) is 20.4 Å². The predicted octanol–water partition coefficient (Wildman–Crippen LogP) is 1.41. The molecule has 2 aliphatic heterocycles. The van der Waals surface area contributed by atoms with E-state index in [0.717, 1.165) is 42.4 Å². The molecule has 0 spiro atoms. The highest BCUT2D eigenvalue weighted by atomic mass is 35.5. The van der Waals surface area contributed by atoms with Gasteiger partial charge in [0.2, 0.25) is 5.95 Å². The van der Waals surface area contributed by atoms with Gasteiger partial charge in [0.25, 0.3) is 0 Å². The Labute approximate surface area is 206 Å². The van der Waals surface area contributed by atoms with Crippen LogP contribution in [0.25, 0.3) is 10.9 Å². The van der Waals surface area contributed by atoms with Crippen molar-refractivity contribution in [1.82, 2.24) is 24.6 Å². The van der Waals surface area contributed by atoms with Crippen molar-refractivity contribution in [1.29, 1.82) is 0 Å². The lowest BCUT2D eigenvalue weighted by atomic mass is 9.85. The SMILES string of the molecule is Cc1c(Nc2ncc3cc(Cl)c(C4CCN([C@]5(C)COCC5O)CC4)cc3n2)cnn1C(O)(O)O. The zero-order chi connectivity index (χ0) is 25.0. The third kappa shape index (κ3) is 4.49. The molecule has 0 amide bonds. The number of likely N-dealkylation sites (tertiary alicyclic amines) is 1. The number of benzene rings is 1. The van der Waals surface area contributed by atoms with E-state index in [1.165, 1.54) is 6.20 Å². The van der Waals surface area contributed by atoms with Gasteiger partial charge in [0.05, 0.1) is 48.0 Å². The van der Waals surface area contributed by atoms with Crippen molar-refractivity contribution in [3.05, 3.63) is 40.8 Å². The van der Waals surface area contributed by atoms with Gasteiger partial charge in [0.15, 0.2) is 0 Å². The second kappa shape index (κ2) is 8.93. The van der Waals surface area contributed by atoms with E-state index in [2.05, 4.69) is 32.2 Å². The van der Waals surface area contributed by atoms with E-state index in [-0.39, 0.29) is 17.2 Å². The Balaban J connectivity index is 1.35. The summed E-state index contributed by atoms with van der Waals surface area (Å²) in [5.74, 6) is 0.565. The van der Waals surface area contributed by atoms with Crippen LogP contribution in [0, 0.1) is 6.92 Å². The molecule has 4 heterocycles. The van der Waals surface area contributed by atoms with Crippen LogP contribution in [0.4, 0.5) is 11.6 Å². The molecule has 0 bridgehead atoms. The Morgan fingerprint density at radius 1 is 1.20 bits per heavy atom. The summed E-state index contributed by atoms with van der Waals surface area (Å²) < 4.78 is 6.17. The zero-order valence-corrected chi connectivity index (χ0v) is 20.3. The minimum atomic E-state index is -3.10. The molecular formula is C23H29ClN6O5. The molecule has 1 unspecified atom stereocenters. The average Bonchev–Trinajstić information content (AvgIpc) is 3.36. The number of hydrogen-bond donors (Lipinski definition) is 5. The fourth-order valence-corrected chi connectivity index (χ4v) is 5.38. The topological polar surface area (TPSA) is 149 Å². The minimum absolute atomic E-state index is 0.268. The van der Waals surface area contributed by atoms with E-state index in [0.29, 0.717) is 34.6 Å². The van der Waals surface area contributed by atoms with Crippen LogP contribution < -0.4 is 5.32 Å². The Morgan fingerprint density at radius 3 is 2.57 bits per heavy atom. The van der Waals surface area contributed by atoms with E-state index in [4.69, 9.17) is 16.3 Å². The Bertz CT molecular complexity index is 1240. The van der Waals surface area contributed by atoms with Crippen LogP contribution in [0.15, 0.2) is 24.5 Å². The van der Waals surface area contributed by atoms with Gasteiger partial charge in [-0.1, -0.05) is 11.6 Å². The van der Waals surface area contributed by atoms with Gasteiger partial charge in [-0.3, -0.25) is 4.90 Å². The largest absolute Gasteiger partial charge is 0.389 e. The van der Waals surface area contributed by atoms with Gasteiger partial charge in [-0.25, -0.2) is 9.97 Å². The van der Waals surface area contributed by atoms with Crippen molar-refractivity contribution in [3.8, 4) is 0 Å². The molecule has 2 saturated heterocycles. The minimum Gasteiger partial charge on any atom is -0.389 e. The number of piperidine rings is 1. The summed E-state index contributed by atoms with van der Waals surface area (Å²) in [6.07, 6.45) is 1.24. The number of rotatable bonds is 5. The summed E-state index contributed by atoms with van der Waals surface area (Å²) in [7, 11) is 0. The first-order valence-corrected chi connectivity index (χ1v) is 11.9. The van der Waals surface area contributed by atoms with E-state index in [1.807, 2.05) is 12.1 Å². The average molecular weight is 505 g/mol. The fourth-order valence-electron chi connectivity index (χ4n) is 5.05. The maximum Gasteiger partial charge on any atom is 0.389 e. The lowest BCUT2D eigenvalue weighted by Gasteiger charge is -2.43. The molecule has 1 aromatic carbocycles. The van der Waals surface area contributed by atoms with Crippen LogP contribution in [-0.4, -0.2) is 83.0 Å². The molecule has 11 nitrogen and oxygen atoms in total. The second-order valence-corrected chi connectivity index (χ2v) is 9.96. The lowest BCUT2D eigenvalue weighted by molar-refractivity contribution is -0.381. The molecule has 35 heavy (non-hydrogen) atoms. The molecule has 2 aliphatic rings. The number of fused-ring (bicyclic) bond motifs is 1. The summed E-state index contributed by atoms with van der Waals surface area (Å²) in [6.45, 7) is 6.23. The number of anilines is 2. The third-order valence-corrected chi connectivity index (χ3v) is 7.61. The highest BCUT2D eigenvalue weighted by Crippen LogP contribution is 2.38. The number of nitrogens with zero attached hydrogens (tertiary/aromatic N) is 5. The normalized spacial score (nSPS) is 24.4. The van der Waals surface area contributed by atoms with Crippen molar-refractivity contribution in [2.45, 2.75) is 50.3 Å². The first-order chi connectivity index (χ1) is 16.6. The Kier molecular flexibility index (Phi) is 6.20. The van der Waals surface area contributed by atoms with Crippen LogP contribution in [0.5, 0.6) is 0 Å². The molecule has 2 aromatic heterocycles. The first kappa shape index (κ1) is 24.3. The Hall–Kier alpha value is -2.38. The summed E-state index contributed by atoms with van der Waals surface area (Å²) >= 11 is 6.66. The van der Waals surface area contributed by atoms with Crippen LogP contribution >= 0.6 is 11.6 Å². The number of aliphatic hydroxyl groups excluding tert-OH is 1. The van der Waals surface area contributed by atoms with Gasteiger partial charge in [0, 0.05) is 16.6 Å². The molecule has 3 aromatic rings. The van der Waals surface area contributed by atoms with Gasteiger partial charge in [-0.15, -0.1) is 0 Å². The Morgan fingerprint density at radius 2 is 1.94 bits per heavy atom. The van der Waals surface area contributed by atoms with Gasteiger partial charge >= 0.3 is 6.10 Å². The maximum atomic E-state index is 10.4. The van der Waals surface area contributed by atoms with Crippen LogP contribution in [0.1, 0.15) is 36.9 Å². The van der Waals surface area contributed by atoms with Crippen molar-refractivity contribution >= 4 is 34.1 Å². The molecule has 2 atom stereocenters. The monoisotopic (exact) mass is 504 g/mol. The highest BCUT2D eigenvalue weighted by Gasteiger charge is 2.45. The number of ether oxygens (including phenoxy) is 1.